The van der Waals surface area contributed by atoms with Gasteiger partial charge in [0.05, 0.1) is 11.4 Å². The third-order valence-corrected chi connectivity index (χ3v) is 7.57. The summed E-state index contributed by atoms with van der Waals surface area (Å²) in [6.07, 6.45) is 7.81. The number of fused-ring (bicyclic) bond motifs is 1. The van der Waals surface area contributed by atoms with Crippen molar-refractivity contribution in [1.82, 2.24) is 29.5 Å². The molecule has 2 aromatic carbocycles. The van der Waals surface area contributed by atoms with Crippen LogP contribution in [0, 0.1) is 0 Å². The molecule has 1 aliphatic heterocycles. The molecule has 1 amide bonds. The van der Waals surface area contributed by atoms with E-state index in [2.05, 4.69) is 9.97 Å². The number of carbonyl (C=O) groups is 1. The van der Waals surface area contributed by atoms with Crippen LogP contribution in [0.4, 0.5) is 5.82 Å². The minimum atomic E-state index is 0.0730. The van der Waals surface area contributed by atoms with Gasteiger partial charge in [-0.05, 0) is 80.9 Å². The van der Waals surface area contributed by atoms with Crippen molar-refractivity contribution in [2.75, 3.05) is 39.5 Å². The fraction of sp³-hybridized carbons (Fsp3) is 0.290. The molecule has 1 atom stereocenters. The first-order chi connectivity index (χ1) is 19.5. The molecule has 1 unspecified atom stereocenters. The quantitative estimate of drug-likeness (QED) is 0.267. The predicted octanol–water partition coefficient (Wildman–Crippen LogP) is 4.85. The Labute approximate surface area is 233 Å². The lowest BCUT2D eigenvalue weighted by Gasteiger charge is -2.29. The van der Waals surface area contributed by atoms with Gasteiger partial charge in [-0.15, -0.1) is 0 Å². The largest absolute Gasteiger partial charge is 0.457 e. The van der Waals surface area contributed by atoms with E-state index in [-0.39, 0.29) is 11.9 Å². The fourth-order valence-corrected chi connectivity index (χ4v) is 5.62. The number of benzene rings is 2. The molecule has 6 rings (SSSR count). The Balaban J connectivity index is 1.27. The van der Waals surface area contributed by atoms with Crippen molar-refractivity contribution in [1.29, 1.82) is 0 Å². The third kappa shape index (κ3) is 5.08. The van der Waals surface area contributed by atoms with E-state index < -0.39 is 0 Å². The second-order valence-electron chi connectivity index (χ2n) is 10.5. The number of hydrogen-bond donors (Lipinski definition) is 1. The molecule has 1 aliphatic carbocycles. The first-order valence-electron chi connectivity index (χ1n) is 13.6. The molecule has 3 heterocycles. The lowest BCUT2D eigenvalue weighted by Crippen LogP contribution is -2.36. The van der Waals surface area contributed by atoms with E-state index in [1.54, 1.807) is 6.08 Å². The number of nitrogens with two attached hydrogens (primary N) is 1. The van der Waals surface area contributed by atoms with Crippen molar-refractivity contribution in [3.05, 3.63) is 84.2 Å². The zero-order valence-corrected chi connectivity index (χ0v) is 22.8. The Morgan fingerprint density at radius 1 is 1.07 bits per heavy atom. The van der Waals surface area contributed by atoms with Gasteiger partial charge < -0.3 is 20.3 Å². The van der Waals surface area contributed by atoms with Gasteiger partial charge in [0.15, 0.2) is 5.65 Å². The van der Waals surface area contributed by atoms with Gasteiger partial charge in [0.25, 0.3) is 0 Å². The summed E-state index contributed by atoms with van der Waals surface area (Å²) in [5.41, 5.74) is 11.5. The number of ether oxygens (including phenoxy) is 1. The molecule has 0 saturated heterocycles. The number of nitrogens with zero attached hydrogens (tertiary/aromatic N) is 6. The Kier molecular flexibility index (Phi) is 7.04. The normalized spacial score (nSPS) is 17.3. The highest BCUT2D eigenvalue weighted by Gasteiger charge is 2.34. The fourth-order valence-electron chi connectivity index (χ4n) is 5.62. The highest BCUT2D eigenvalue weighted by atomic mass is 16.5. The van der Waals surface area contributed by atoms with E-state index in [1.165, 1.54) is 17.5 Å². The number of para-hydroxylation sites is 1. The molecule has 2 aliphatic rings. The first kappa shape index (κ1) is 25.8. The number of likely N-dealkylation sites (N-methyl/N-ethyl adjacent to an activating group) is 1. The molecule has 0 saturated carbocycles. The van der Waals surface area contributed by atoms with Crippen LogP contribution in [0.15, 0.2) is 84.2 Å². The highest BCUT2D eigenvalue weighted by Crippen LogP contribution is 2.43. The monoisotopic (exact) mass is 535 g/mol. The number of rotatable bonds is 7. The predicted molar refractivity (Wildman–Crippen MR) is 156 cm³/mol. The van der Waals surface area contributed by atoms with E-state index in [1.807, 2.05) is 89.3 Å². The summed E-state index contributed by atoms with van der Waals surface area (Å²) in [6, 6.07) is 17.6. The number of amides is 1. The van der Waals surface area contributed by atoms with Crippen molar-refractivity contribution in [2.24, 2.45) is 0 Å². The van der Waals surface area contributed by atoms with Crippen LogP contribution in [0.3, 0.4) is 0 Å². The van der Waals surface area contributed by atoms with Gasteiger partial charge in [0.2, 0.25) is 5.91 Å². The molecule has 4 aromatic rings. The Bertz CT molecular complexity index is 1590. The molecule has 0 bridgehead atoms. The number of carbonyl (C=O) groups excluding carboxylic acids is 1. The zero-order chi connectivity index (χ0) is 27.6. The Morgan fingerprint density at radius 2 is 1.85 bits per heavy atom. The maximum Gasteiger partial charge on any atom is 0.246 e. The van der Waals surface area contributed by atoms with Crippen molar-refractivity contribution in [3.8, 4) is 22.8 Å². The highest BCUT2D eigenvalue weighted by molar-refractivity contribution is 5.98. The maximum atomic E-state index is 12.8. The van der Waals surface area contributed by atoms with Gasteiger partial charge >= 0.3 is 0 Å². The first-order valence-corrected chi connectivity index (χ1v) is 13.6. The van der Waals surface area contributed by atoms with Crippen LogP contribution in [0.1, 0.15) is 25.3 Å². The van der Waals surface area contributed by atoms with E-state index in [4.69, 9.17) is 15.6 Å². The minimum absolute atomic E-state index is 0.0730. The molecule has 9 heteroatoms. The number of nitrogen functional groups attached to an aromatic ring is 1. The Hall–Kier alpha value is -4.50. The number of anilines is 1. The lowest BCUT2D eigenvalue weighted by molar-refractivity contribution is -0.125. The molecule has 0 spiro atoms. The average molecular weight is 536 g/mol. The van der Waals surface area contributed by atoms with Crippen molar-refractivity contribution in [2.45, 2.75) is 25.3 Å². The van der Waals surface area contributed by atoms with E-state index >= 15 is 0 Å². The molecule has 0 radical (unpaired) electrons. The van der Waals surface area contributed by atoms with Crippen LogP contribution in [-0.4, -0.2) is 69.2 Å². The van der Waals surface area contributed by atoms with Crippen LogP contribution in [0.25, 0.3) is 22.3 Å². The molecule has 40 heavy (non-hydrogen) atoms. The van der Waals surface area contributed by atoms with Gasteiger partial charge in [-0.2, -0.15) is 5.10 Å². The zero-order valence-electron chi connectivity index (χ0n) is 22.8. The molecule has 0 fully saturated rings. The summed E-state index contributed by atoms with van der Waals surface area (Å²) in [5, 5.41) is 5.84. The smallest absolute Gasteiger partial charge is 0.246 e. The van der Waals surface area contributed by atoms with Gasteiger partial charge in [0, 0.05) is 31.3 Å². The van der Waals surface area contributed by atoms with Crippen LogP contribution in [0.5, 0.6) is 11.5 Å². The molecule has 2 N–H and O–H groups in total. The van der Waals surface area contributed by atoms with Crippen LogP contribution in [0.2, 0.25) is 0 Å². The van der Waals surface area contributed by atoms with Crippen molar-refractivity contribution < 1.29 is 9.53 Å². The molecular weight excluding hydrogens is 502 g/mol. The number of aromatic nitrogens is 4. The van der Waals surface area contributed by atoms with Crippen molar-refractivity contribution >= 4 is 22.8 Å². The van der Waals surface area contributed by atoms with Crippen LogP contribution < -0.4 is 10.5 Å². The standard InChI is InChI=1S/C31H33N7O2/c1-36(2)17-6-9-27(39)37-18-16-25-22(19-37)12-15-26(25)38-31-28(30(32)33-20-34-31)29(35-38)21-10-13-24(14-11-21)40-23-7-4-3-5-8-23/h3-11,13-14,20,26H,12,15-19H2,1-2H3,(H2,32,33,34). The van der Waals surface area contributed by atoms with Gasteiger partial charge in [-0.3, -0.25) is 4.79 Å². The second-order valence-corrected chi connectivity index (χ2v) is 10.5. The van der Waals surface area contributed by atoms with E-state index in [0.29, 0.717) is 18.9 Å². The van der Waals surface area contributed by atoms with Gasteiger partial charge in [-0.1, -0.05) is 24.3 Å². The summed E-state index contributed by atoms with van der Waals surface area (Å²) in [4.78, 5) is 25.6. The SMILES string of the molecule is CN(C)CC=CC(=O)N1CCC2=C(CCC2n2nc(-c3ccc(Oc4ccccc4)cc3)c3c(N)ncnc32)C1. The summed E-state index contributed by atoms with van der Waals surface area (Å²) < 4.78 is 7.99. The summed E-state index contributed by atoms with van der Waals surface area (Å²) in [7, 11) is 3.98. The topological polar surface area (TPSA) is 102 Å². The van der Waals surface area contributed by atoms with Gasteiger partial charge in [-0.25, -0.2) is 14.6 Å². The minimum Gasteiger partial charge on any atom is -0.457 e. The average Bonchev–Trinajstić information content (AvgIpc) is 3.56. The molecular formula is C31H33N7O2. The maximum absolute atomic E-state index is 12.8. The molecule has 204 valence electrons. The summed E-state index contributed by atoms with van der Waals surface area (Å²) >= 11 is 0. The third-order valence-electron chi connectivity index (χ3n) is 7.57. The van der Waals surface area contributed by atoms with Gasteiger partial charge in [0.1, 0.15) is 29.3 Å². The van der Waals surface area contributed by atoms with Crippen LogP contribution in [-0.2, 0) is 4.79 Å². The second kappa shape index (κ2) is 10.9. The van der Waals surface area contributed by atoms with E-state index in [0.717, 1.165) is 59.6 Å². The Morgan fingerprint density at radius 3 is 2.62 bits per heavy atom. The molecule has 2 aromatic heterocycles. The lowest BCUT2D eigenvalue weighted by atomic mass is 10.00. The van der Waals surface area contributed by atoms with E-state index in [9.17, 15) is 4.79 Å². The number of hydrogen-bond acceptors (Lipinski definition) is 7. The van der Waals surface area contributed by atoms with Crippen molar-refractivity contribution in [3.63, 3.8) is 0 Å². The summed E-state index contributed by atoms with van der Waals surface area (Å²) in [5.74, 6) is 2.01. The van der Waals surface area contributed by atoms with Crippen LogP contribution >= 0.6 is 0 Å². The summed E-state index contributed by atoms with van der Waals surface area (Å²) in [6.45, 7) is 2.12. The molecule has 9 nitrogen and oxygen atoms in total.